The Morgan fingerprint density at radius 2 is 2.11 bits per heavy atom. The maximum atomic E-state index is 11.9. The van der Waals surface area contributed by atoms with Crippen molar-refractivity contribution in [1.29, 1.82) is 0 Å². The Hall–Kier alpha value is -0.820. The molecule has 4 nitrogen and oxygen atoms in total. The first-order chi connectivity index (χ1) is 8.56. The van der Waals surface area contributed by atoms with Gasteiger partial charge in [0.05, 0.1) is 12.1 Å². The lowest BCUT2D eigenvalue weighted by molar-refractivity contribution is -0.120. The summed E-state index contributed by atoms with van der Waals surface area (Å²) in [5.74, 6) is -0.435. The molecule has 1 aliphatic rings. The Kier molecular flexibility index (Phi) is 4.45. The summed E-state index contributed by atoms with van der Waals surface area (Å²) >= 11 is 7.90. The average molecular weight is 379 g/mol. The molecule has 0 heterocycles. The van der Waals surface area contributed by atoms with Crippen LogP contribution in [-0.4, -0.2) is 24.4 Å². The number of carbonyl (C=O) groups is 2. The van der Waals surface area contributed by atoms with Gasteiger partial charge in [0, 0.05) is 14.6 Å². The third-order valence-corrected chi connectivity index (χ3v) is 3.70. The van der Waals surface area contributed by atoms with Gasteiger partial charge in [0.25, 0.3) is 5.91 Å². The first kappa shape index (κ1) is 13.6. The van der Waals surface area contributed by atoms with E-state index in [9.17, 15) is 9.59 Å². The molecule has 2 amide bonds. The summed E-state index contributed by atoms with van der Waals surface area (Å²) in [6, 6.07) is 5.39. The van der Waals surface area contributed by atoms with Crippen molar-refractivity contribution in [3.05, 3.63) is 32.4 Å². The van der Waals surface area contributed by atoms with Crippen molar-refractivity contribution < 1.29 is 9.59 Å². The number of halogens is 2. The SMILES string of the molecule is O=C(CNC(=O)c1cc(Cl)ccc1I)NC1CC1. The van der Waals surface area contributed by atoms with Crippen molar-refractivity contribution in [3.8, 4) is 0 Å². The zero-order valence-electron chi connectivity index (χ0n) is 9.50. The summed E-state index contributed by atoms with van der Waals surface area (Å²) in [6.07, 6.45) is 2.07. The molecule has 0 radical (unpaired) electrons. The standard InChI is InChI=1S/C12H12ClIN2O2/c13-7-1-4-10(14)9(5-7)12(18)15-6-11(17)16-8-2-3-8/h1,4-5,8H,2-3,6H2,(H,15,18)(H,16,17). The number of nitrogens with one attached hydrogen (secondary N) is 2. The molecule has 0 aromatic heterocycles. The lowest BCUT2D eigenvalue weighted by atomic mass is 10.2. The first-order valence-electron chi connectivity index (χ1n) is 5.59. The van der Waals surface area contributed by atoms with E-state index in [-0.39, 0.29) is 18.4 Å². The van der Waals surface area contributed by atoms with E-state index in [1.165, 1.54) is 0 Å². The third kappa shape index (κ3) is 3.84. The molecular weight excluding hydrogens is 367 g/mol. The first-order valence-corrected chi connectivity index (χ1v) is 7.04. The molecule has 2 rings (SSSR count). The molecule has 18 heavy (non-hydrogen) atoms. The zero-order valence-corrected chi connectivity index (χ0v) is 12.4. The second-order valence-corrected chi connectivity index (χ2v) is 5.75. The Bertz CT molecular complexity index is 489. The molecule has 1 saturated carbocycles. The maximum absolute atomic E-state index is 11.9. The topological polar surface area (TPSA) is 58.2 Å². The predicted molar refractivity (Wildman–Crippen MR) is 77.7 cm³/mol. The van der Waals surface area contributed by atoms with Gasteiger partial charge in [-0.2, -0.15) is 0 Å². The number of benzene rings is 1. The van der Waals surface area contributed by atoms with Crippen molar-refractivity contribution in [1.82, 2.24) is 10.6 Å². The van der Waals surface area contributed by atoms with Gasteiger partial charge >= 0.3 is 0 Å². The Morgan fingerprint density at radius 3 is 2.78 bits per heavy atom. The molecule has 1 fully saturated rings. The summed E-state index contributed by atoms with van der Waals surface area (Å²) in [6.45, 7) is -0.00206. The summed E-state index contributed by atoms with van der Waals surface area (Å²) in [4.78, 5) is 23.3. The van der Waals surface area contributed by atoms with E-state index in [2.05, 4.69) is 33.2 Å². The van der Waals surface area contributed by atoms with Crippen LogP contribution in [0.4, 0.5) is 0 Å². The Labute approximate surface area is 124 Å². The highest BCUT2D eigenvalue weighted by Crippen LogP contribution is 2.19. The van der Waals surface area contributed by atoms with Crippen LogP contribution in [0, 0.1) is 3.57 Å². The molecule has 0 bridgehead atoms. The van der Waals surface area contributed by atoms with Gasteiger partial charge < -0.3 is 10.6 Å². The highest BCUT2D eigenvalue weighted by atomic mass is 127. The van der Waals surface area contributed by atoms with E-state index in [1.54, 1.807) is 18.2 Å². The number of hydrogen-bond acceptors (Lipinski definition) is 2. The van der Waals surface area contributed by atoms with Crippen molar-refractivity contribution in [2.24, 2.45) is 0 Å². The fourth-order valence-electron chi connectivity index (χ4n) is 1.43. The largest absolute Gasteiger partial charge is 0.352 e. The van der Waals surface area contributed by atoms with E-state index in [4.69, 9.17) is 11.6 Å². The van der Waals surface area contributed by atoms with Crippen LogP contribution < -0.4 is 10.6 Å². The van der Waals surface area contributed by atoms with E-state index >= 15 is 0 Å². The zero-order chi connectivity index (χ0) is 13.1. The summed E-state index contributed by atoms with van der Waals surface area (Å²) in [5, 5.41) is 5.89. The highest BCUT2D eigenvalue weighted by Gasteiger charge is 2.23. The fraction of sp³-hybridized carbons (Fsp3) is 0.333. The quantitative estimate of drug-likeness (QED) is 0.787. The van der Waals surface area contributed by atoms with Gasteiger partial charge in [-0.05, 0) is 53.6 Å². The summed E-state index contributed by atoms with van der Waals surface area (Å²) in [7, 11) is 0. The maximum Gasteiger partial charge on any atom is 0.252 e. The molecule has 1 aromatic rings. The van der Waals surface area contributed by atoms with Gasteiger partial charge in [-0.1, -0.05) is 11.6 Å². The van der Waals surface area contributed by atoms with E-state index in [0.717, 1.165) is 16.4 Å². The van der Waals surface area contributed by atoms with Gasteiger partial charge in [-0.3, -0.25) is 9.59 Å². The van der Waals surface area contributed by atoms with Crippen molar-refractivity contribution in [2.45, 2.75) is 18.9 Å². The van der Waals surface area contributed by atoms with Crippen molar-refractivity contribution in [3.63, 3.8) is 0 Å². The number of hydrogen-bond donors (Lipinski definition) is 2. The Balaban J connectivity index is 1.90. The van der Waals surface area contributed by atoms with E-state index in [1.807, 2.05) is 0 Å². The normalized spacial score (nSPS) is 14.1. The van der Waals surface area contributed by atoms with Crippen LogP contribution >= 0.6 is 34.2 Å². The van der Waals surface area contributed by atoms with Crippen molar-refractivity contribution in [2.75, 3.05) is 6.54 Å². The molecule has 0 atom stereocenters. The lowest BCUT2D eigenvalue weighted by Crippen LogP contribution is -2.38. The van der Waals surface area contributed by atoms with E-state index in [0.29, 0.717) is 16.6 Å². The minimum absolute atomic E-state index is 0.00206. The van der Waals surface area contributed by atoms with Gasteiger partial charge in [0.2, 0.25) is 5.91 Å². The van der Waals surface area contributed by atoms with Crippen LogP contribution in [-0.2, 0) is 4.79 Å². The monoisotopic (exact) mass is 378 g/mol. The van der Waals surface area contributed by atoms with Crippen LogP contribution in [0.1, 0.15) is 23.2 Å². The van der Waals surface area contributed by atoms with Crippen LogP contribution in [0.2, 0.25) is 5.02 Å². The van der Waals surface area contributed by atoms with Gasteiger partial charge in [0.15, 0.2) is 0 Å². The third-order valence-electron chi connectivity index (χ3n) is 2.52. The molecule has 1 aromatic carbocycles. The minimum Gasteiger partial charge on any atom is -0.352 e. The lowest BCUT2D eigenvalue weighted by Gasteiger charge is -2.07. The smallest absolute Gasteiger partial charge is 0.252 e. The average Bonchev–Trinajstić information content (AvgIpc) is 3.13. The molecular formula is C12H12ClIN2O2. The molecule has 0 saturated heterocycles. The molecule has 2 N–H and O–H groups in total. The number of carbonyl (C=O) groups excluding carboxylic acids is 2. The van der Waals surface area contributed by atoms with Crippen LogP contribution in [0.25, 0.3) is 0 Å². The summed E-state index contributed by atoms with van der Waals surface area (Å²) in [5.41, 5.74) is 0.488. The Morgan fingerprint density at radius 1 is 1.39 bits per heavy atom. The van der Waals surface area contributed by atoms with Gasteiger partial charge in [0.1, 0.15) is 0 Å². The predicted octanol–water partition coefficient (Wildman–Crippen LogP) is 1.95. The van der Waals surface area contributed by atoms with Crippen LogP contribution in [0.3, 0.4) is 0 Å². The van der Waals surface area contributed by atoms with Crippen LogP contribution in [0.5, 0.6) is 0 Å². The minimum atomic E-state index is -0.284. The second-order valence-electron chi connectivity index (χ2n) is 4.15. The van der Waals surface area contributed by atoms with E-state index < -0.39 is 0 Å². The molecule has 96 valence electrons. The number of rotatable bonds is 4. The molecule has 6 heteroatoms. The van der Waals surface area contributed by atoms with Gasteiger partial charge in [-0.15, -0.1) is 0 Å². The molecule has 0 unspecified atom stereocenters. The highest BCUT2D eigenvalue weighted by molar-refractivity contribution is 14.1. The molecule has 0 spiro atoms. The molecule has 1 aliphatic carbocycles. The second kappa shape index (κ2) is 5.88. The molecule has 0 aliphatic heterocycles. The van der Waals surface area contributed by atoms with Crippen molar-refractivity contribution >= 4 is 46.0 Å². The van der Waals surface area contributed by atoms with Gasteiger partial charge in [-0.25, -0.2) is 0 Å². The number of amides is 2. The van der Waals surface area contributed by atoms with Crippen LogP contribution in [0.15, 0.2) is 18.2 Å². The fourth-order valence-corrected chi connectivity index (χ4v) is 2.19. The summed E-state index contributed by atoms with van der Waals surface area (Å²) < 4.78 is 0.803.